The van der Waals surface area contributed by atoms with Gasteiger partial charge in [-0.1, -0.05) is 6.08 Å². The number of hydrogen-bond acceptors (Lipinski definition) is 2. The minimum atomic E-state index is 0.787. The Morgan fingerprint density at radius 2 is 1.75 bits per heavy atom. The normalized spacial score (nSPS) is 15.3. The van der Waals surface area contributed by atoms with E-state index in [1.54, 1.807) is 0 Å². The fourth-order valence-electron chi connectivity index (χ4n) is 0.967. The molecule has 0 amide bonds. The van der Waals surface area contributed by atoms with Crippen molar-refractivity contribution < 1.29 is 0 Å². The second-order valence-electron chi connectivity index (χ2n) is 3.21. The molecule has 12 heavy (non-hydrogen) atoms. The summed E-state index contributed by atoms with van der Waals surface area (Å²) in [6, 6.07) is 0. The Bertz CT molecular complexity index is 240. The van der Waals surface area contributed by atoms with Crippen molar-refractivity contribution >= 4 is 14.4 Å². The van der Waals surface area contributed by atoms with Crippen LogP contribution in [0.1, 0.15) is 0 Å². The second-order valence-corrected chi connectivity index (χ2v) is 4.48. The van der Waals surface area contributed by atoms with Gasteiger partial charge in [-0.25, -0.2) is 0 Å². The van der Waals surface area contributed by atoms with Gasteiger partial charge >= 0.3 is 0 Å². The Kier molecular flexibility index (Phi) is 2.86. The topological polar surface area (TPSA) is 6.48 Å². The van der Waals surface area contributed by atoms with Crippen molar-refractivity contribution in [2.45, 2.75) is 0 Å². The highest BCUT2D eigenvalue weighted by atomic mass is 28.2. The fourth-order valence-corrected chi connectivity index (χ4v) is 2.04. The summed E-state index contributed by atoms with van der Waals surface area (Å²) in [5.41, 5.74) is 0. The van der Waals surface area contributed by atoms with Crippen LogP contribution in [0.4, 0.5) is 0 Å². The number of likely N-dealkylation sites (N-methyl/N-ethyl adjacent to an activating group) is 1. The van der Waals surface area contributed by atoms with Crippen molar-refractivity contribution in [1.29, 1.82) is 0 Å². The summed E-state index contributed by atoms with van der Waals surface area (Å²) in [5.74, 6) is 0. The Morgan fingerprint density at radius 1 is 1.08 bits per heavy atom. The lowest BCUT2D eigenvalue weighted by atomic mass is 10.4. The molecule has 0 spiro atoms. The molecular weight excluding hydrogens is 164 g/mol. The fraction of sp³-hybridized carbons (Fsp3) is 0.444. The summed E-state index contributed by atoms with van der Waals surface area (Å²) in [6.45, 7) is 0. The first-order valence-corrected chi connectivity index (χ1v) is 4.98. The van der Waals surface area contributed by atoms with Gasteiger partial charge in [-0.05, 0) is 12.2 Å². The van der Waals surface area contributed by atoms with Crippen LogP contribution in [0.15, 0.2) is 23.5 Å². The molecule has 0 N–H and O–H groups in total. The van der Waals surface area contributed by atoms with Crippen LogP contribution < -0.4 is 0 Å². The first-order chi connectivity index (χ1) is 5.61. The minimum absolute atomic E-state index is 0.787. The molecule has 1 heterocycles. The van der Waals surface area contributed by atoms with Crippen LogP contribution in [0.5, 0.6) is 0 Å². The van der Waals surface area contributed by atoms with Crippen LogP contribution in [-0.4, -0.2) is 52.4 Å². The summed E-state index contributed by atoms with van der Waals surface area (Å²) in [4.78, 5) is 4.34. The second kappa shape index (κ2) is 3.71. The largest absolute Gasteiger partial charge is 0.381 e. The summed E-state index contributed by atoms with van der Waals surface area (Å²) < 4.78 is 0. The molecule has 0 saturated carbocycles. The molecule has 0 saturated heterocycles. The molecule has 0 atom stereocenters. The Labute approximate surface area is 76.6 Å². The average molecular weight is 179 g/mol. The van der Waals surface area contributed by atoms with Crippen LogP contribution in [0.2, 0.25) is 0 Å². The zero-order valence-electron chi connectivity index (χ0n) is 8.13. The minimum Gasteiger partial charge on any atom is -0.381 e. The standard InChI is InChI=1S/C9H15N2Si/c1-10(2)8-6-5-7-9(12-8)11(3)4/h5-7H,1-4H3. The maximum Gasteiger partial charge on any atom is 0.113 e. The van der Waals surface area contributed by atoms with Gasteiger partial charge in [0, 0.05) is 38.8 Å². The molecule has 1 aliphatic heterocycles. The van der Waals surface area contributed by atoms with E-state index < -0.39 is 0 Å². The van der Waals surface area contributed by atoms with Gasteiger partial charge in [0.05, 0.1) is 0 Å². The molecule has 0 bridgehead atoms. The quantitative estimate of drug-likeness (QED) is 0.565. The van der Waals surface area contributed by atoms with Gasteiger partial charge in [0.1, 0.15) is 9.13 Å². The van der Waals surface area contributed by atoms with E-state index >= 15 is 0 Å². The zero-order valence-corrected chi connectivity index (χ0v) is 9.13. The predicted octanol–water partition coefficient (Wildman–Crippen LogP) is 0.355. The van der Waals surface area contributed by atoms with Crippen molar-refractivity contribution in [2.24, 2.45) is 0 Å². The van der Waals surface area contributed by atoms with Crippen molar-refractivity contribution in [3.05, 3.63) is 23.5 Å². The lowest BCUT2D eigenvalue weighted by molar-refractivity contribution is 0.545. The molecule has 0 fully saturated rings. The van der Waals surface area contributed by atoms with E-state index in [0.29, 0.717) is 0 Å². The molecule has 3 heteroatoms. The van der Waals surface area contributed by atoms with Crippen molar-refractivity contribution in [1.82, 2.24) is 9.80 Å². The lowest BCUT2D eigenvalue weighted by Crippen LogP contribution is -2.28. The first kappa shape index (κ1) is 9.26. The van der Waals surface area contributed by atoms with E-state index in [4.69, 9.17) is 0 Å². The van der Waals surface area contributed by atoms with Crippen LogP contribution in [0.25, 0.3) is 0 Å². The highest BCUT2D eigenvalue weighted by Crippen LogP contribution is 2.00. The first-order valence-electron chi connectivity index (χ1n) is 3.98. The molecule has 0 aliphatic carbocycles. The summed E-state index contributed by atoms with van der Waals surface area (Å²) in [6.07, 6.45) is 6.46. The summed E-state index contributed by atoms with van der Waals surface area (Å²) in [5, 5.41) is 2.78. The van der Waals surface area contributed by atoms with Gasteiger partial charge in [-0.2, -0.15) is 0 Å². The van der Waals surface area contributed by atoms with Crippen molar-refractivity contribution in [3.63, 3.8) is 0 Å². The highest BCUT2D eigenvalue weighted by Gasteiger charge is 2.03. The smallest absolute Gasteiger partial charge is 0.113 e. The highest BCUT2D eigenvalue weighted by molar-refractivity contribution is 6.62. The van der Waals surface area contributed by atoms with E-state index in [-0.39, 0.29) is 0 Å². The third kappa shape index (κ3) is 2.07. The lowest BCUT2D eigenvalue weighted by Gasteiger charge is -2.20. The Hall–Kier alpha value is -0.833. The number of nitrogens with zero attached hydrogens (tertiary/aromatic N) is 2. The maximum atomic E-state index is 2.17. The van der Waals surface area contributed by atoms with Crippen LogP contribution in [-0.2, 0) is 0 Å². The van der Waals surface area contributed by atoms with Gasteiger partial charge in [-0.3, -0.25) is 0 Å². The average Bonchev–Trinajstić information content (AvgIpc) is 2.04. The summed E-state index contributed by atoms with van der Waals surface area (Å²) in [7, 11) is 9.14. The van der Waals surface area contributed by atoms with Crippen molar-refractivity contribution in [2.75, 3.05) is 28.2 Å². The third-order valence-electron chi connectivity index (χ3n) is 1.73. The van der Waals surface area contributed by atoms with E-state index in [0.717, 1.165) is 9.13 Å². The molecular formula is C9H15N2Si. The Morgan fingerprint density at radius 3 is 2.25 bits per heavy atom. The van der Waals surface area contributed by atoms with E-state index in [1.807, 2.05) is 0 Å². The van der Waals surface area contributed by atoms with E-state index in [1.165, 1.54) is 10.6 Å². The van der Waals surface area contributed by atoms with Gasteiger partial charge < -0.3 is 9.80 Å². The number of rotatable bonds is 2. The molecule has 1 radical (unpaired) electrons. The van der Waals surface area contributed by atoms with Gasteiger partial charge in [0.15, 0.2) is 0 Å². The van der Waals surface area contributed by atoms with Gasteiger partial charge in [0.25, 0.3) is 0 Å². The Balaban J connectivity index is 2.84. The third-order valence-corrected chi connectivity index (χ3v) is 3.47. The molecule has 1 rings (SSSR count). The molecule has 65 valence electrons. The molecule has 1 aliphatic rings. The van der Waals surface area contributed by atoms with Gasteiger partial charge in [0.2, 0.25) is 0 Å². The van der Waals surface area contributed by atoms with Crippen molar-refractivity contribution in [3.8, 4) is 0 Å². The zero-order chi connectivity index (χ0) is 9.14. The molecule has 0 aromatic heterocycles. The molecule has 0 aromatic carbocycles. The molecule has 0 aromatic rings. The van der Waals surface area contributed by atoms with E-state index in [9.17, 15) is 0 Å². The number of hydrogen-bond donors (Lipinski definition) is 0. The van der Waals surface area contributed by atoms with Crippen LogP contribution in [0, 0.1) is 0 Å². The molecule has 2 nitrogen and oxygen atoms in total. The van der Waals surface area contributed by atoms with E-state index in [2.05, 4.69) is 56.2 Å². The molecule has 0 unspecified atom stereocenters. The predicted molar refractivity (Wildman–Crippen MR) is 55.4 cm³/mol. The maximum absolute atomic E-state index is 2.17. The SMILES string of the molecule is CN(C)C1=CC=CC(N(C)C)=[Si]1. The van der Waals surface area contributed by atoms with Crippen LogP contribution in [0.3, 0.4) is 0 Å². The monoisotopic (exact) mass is 179 g/mol. The number of allylic oxidation sites excluding steroid dienone is 2. The van der Waals surface area contributed by atoms with Gasteiger partial charge in [-0.15, -0.1) is 0 Å². The summed E-state index contributed by atoms with van der Waals surface area (Å²) >= 11 is 0. The van der Waals surface area contributed by atoms with Crippen LogP contribution >= 0.6 is 0 Å².